The van der Waals surface area contributed by atoms with Gasteiger partial charge in [0.2, 0.25) is 0 Å². The summed E-state index contributed by atoms with van der Waals surface area (Å²) >= 11 is 3.17. The zero-order valence-corrected chi connectivity index (χ0v) is 8.84. The van der Waals surface area contributed by atoms with Gasteiger partial charge in [-0.3, -0.25) is 4.79 Å². The molecule has 1 aliphatic rings. The maximum Gasteiger partial charge on any atom is 0.198 e. The van der Waals surface area contributed by atoms with Crippen molar-refractivity contribution in [3.05, 3.63) is 22.6 Å². The van der Waals surface area contributed by atoms with Crippen LogP contribution >= 0.6 is 15.9 Å². The van der Waals surface area contributed by atoms with Gasteiger partial charge in [-0.15, -0.1) is 0 Å². The second-order valence-electron chi connectivity index (χ2n) is 3.51. The lowest BCUT2D eigenvalue weighted by atomic mass is 10.1. The largest absolute Gasteiger partial charge is 0.446 e. The van der Waals surface area contributed by atoms with E-state index in [1.165, 1.54) is 12.8 Å². The number of hydrogen-bond acceptors (Lipinski definition) is 2. The Morgan fingerprint density at radius 3 is 2.85 bits per heavy atom. The molecule has 1 aromatic heterocycles. The molecule has 0 N–H and O–H groups in total. The highest BCUT2D eigenvalue weighted by atomic mass is 79.9. The van der Waals surface area contributed by atoms with Crippen LogP contribution in [-0.4, -0.2) is 5.78 Å². The summed E-state index contributed by atoms with van der Waals surface area (Å²) in [7, 11) is 0. The van der Waals surface area contributed by atoms with Crippen molar-refractivity contribution < 1.29 is 9.21 Å². The maximum atomic E-state index is 11.5. The third kappa shape index (κ3) is 2.44. The van der Waals surface area contributed by atoms with Gasteiger partial charge in [0.05, 0.1) is 0 Å². The Balaban J connectivity index is 1.88. The summed E-state index contributed by atoms with van der Waals surface area (Å²) in [6, 6.07) is 3.48. The van der Waals surface area contributed by atoms with Crippen LogP contribution in [0, 0.1) is 5.92 Å². The molecular weight excluding hydrogens is 232 g/mol. The van der Waals surface area contributed by atoms with Gasteiger partial charge < -0.3 is 4.42 Å². The van der Waals surface area contributed by atoms with Gasteiger partial charge in [0.15, 0.2) is 16.2 Å². The first-order valence-electron chi connectivity index (χ1n) is 4.54. The average molecular weight is 243 g/mol. The number of furan rings is 1. The van der Waals surface area contributed by atoms with E-state index in [1.807, 2.05) is 0 Å². The molecule has 1 aliphatic carbocycles. The minimum atomic E-state index is 0.123. The number of halogens is 1. The first-order chi connectivity index (χ1) is 6.25. The van der Waals surface area contributed by atoms with Gasteiger partial charge >= 0.3 is 0 Å². The molecule has 2 nitrogen and oxygen atoms in total. The summed E-state index contributed by atoms with van der Waals surface area (Å²) < 4.78 is 5.79. The minimum absolute atomic E-state index is 0.123. The van der Waals surface area contributed by atoms with Gasteiger partial charge in [0, 0.05) is 6.42 Å². The molecule has 0 amide bonds. The van der Waals surface area contributed by atoms with Crippen LogP contribution in [0.5, 0.6) is 0 Å². The van der Waals surface area contributed by atoms with Crippen LogP contribution in [-0.2, 0) is 0 Å². The molecule has 1 heterocycles. The van der Waals surface area contributed by atoms with Crippen LogP contribution in [0.4, 0.5) is 0 Å². The van der Waals surface area contributed by atoms with E-state index in [-0.39, 0.29) is 5.78 Å². The molecule has 0 atom stereocenters. The maximum absolute atomic E-state index is 11.5. The molecule has 0 unspecified atom stereocenters. The fourth-order valence-corrected chi connectivity index (χ4v) is 1.64. The van der Waals surface area contributed by atoms with Crippen molar-refractivity contribution in [2.24, 2.45) is 5.92 Å². The van der Waals surface area contributed by atoms with E-state index < -0.39 is 0 Å². The molecule has 0 bridgehead atoms. The first kappa shape index (κ1) is 9.00. The Morgan fingerprint density at radius 1 is 1.54 bits per heavy atom. The van der Waals surface area contributed by atoms with Crippen LogP contribution in [0.2, 0.25) is 0 Å². The van der Waals surface area contributed by atoms with Gasteiger partial charge in [-0.1, -0.05) is 12.8 Å². The summed E-state index contributed by atoms with van der Waals surface area (Å²) in [5.74, 6) is 1.41. The SMILES string of the molecule is O=C(CCC1CC1)c1ccc(Br)o1. The summed E-state index contributed by atoms with van der Waals surface area (Å²) in [4.78, 5) is 11.5. The van der Waals surface area contributed by atoms with Gasteiger partial charge in [-0.2, -0.15) is 0 Å². The second-order valence-corrected chi connectivity index (χ2v) is 4.29. The number of carbonyl (C=O) groups excluding carboxylic acids is 1. The fourth-order valence-electron chi connectivity index (χ4n) is 1.33. The smallest absolute Gasteiger partial charge is 0.198 e. The average Bonchev–Trinajstić information content (AvgIpc) is 2.84. The van der Waals surface area contributed by atoms with Crippen molar-refractivity contribution in [1.82, 2.24) is 0 Å². The Kier molecular flexibility index (Phi) is 2.54. The fraction of sp³-hybridized carbons (Fsp3) is 0.500. The van der Waals surface area contributed by atoms with Crippen LogP contribution in [0.1, 0.15) is 36.2 Å². The highest BCUT2D eigenvalue weighted by molar-refractivity contribution is 9.10. The molecule has 0 aliphatic heterocycles. The third-order valence-corrected chi connectivity index (χ3v) is 2.75. The van der Waals surface area contributed by atoms with Crippen LogP contribution in [0.3, 0.4) is 0 Å². The molecular formula is C10H11BrO2. The molecule has 70 valence electrons. The number of carbonyl (C=O) groups is 1. The Labute approximate surface area is 85.4 Å². The van der Waals surface area contributed by atoms with E-state index in [2.05, 4.69) is 15.9 Å². The number of Topliss-reactive ketones (excluding diaryl/α,β-unsaturated/α-hetero) is 1. The predicted molar refractivity (Wildman–Crippen MR) is 52.7 cm³/mol. The lowest BCUT2D eigenvalue weighted by molar-refractivity contribution is 0.0950. The highest BCUT2D eigenvalue weighted by Crippen LogP contribution is 2.34. The predicted octanol–water partition coefficient (Wildman–Crippen LogP) is 3.42. The molecule has 0 radical (unpaired) electrons. The Bertz CT molecular complexity index is 312. The van der Waals surface area contributed by atoms with Crippen molar-refractivity contribution >= 4 is 21.7 Å². The molecule has 13 heavy (non-hydrogen) atoms. The van der Waals surface area contributed by atoms with Gasteiger partial charge in [-0.05, 0) is 40.4 Å². The van der Waals surface area contributed by atoms with E-state index in [0.29, 0.717) is 16.9 Å². The van der Waals surface area contributed by atoms with Gasteiger partial charge in [-0.25, -0.2) is 0 Å². The van der Waals surface area contributed by atoms with E-state index in [4.69, 9.17) is 4.42 Å². The van der Waals surface area contributed by atoms with Crippen LogP contribution in [0.15, 0.2) is 21.2 Å². The standard InChI is InChI=1S/C10H11BrO2/c11-10-6-5-9(13-10)8(12)4-3-7-1-2-7/h5-7H,1-4H2. The van der Waals surface area contributed by atoms with Gasteiger partial charge in [0.1, 0.15) is 0 Å². The summed E-state index contributed by atoms with van der Waals surface area (Å²) in [5, 5.41) is 0. The zero-order chi connectivity index (χ0) is 9.26. The Hall–Kier alpha value is -0.570. The monoisotopic (exact) mass is 242 g/mol. The third-order valence-electron chi connectivity index (χ3n) is 2.32. The van der Waals surface area contributed by atoms with E-state index in [9.17, 15) is 4.79 Å². The summed E-state index contributed by atoms with van der Waals surface area (Å²) in [6.07, 6.45) is 4.26. The Morgan fingerprint density at radius 2 is 2.31 bits per heavy atom. The van der Waals surface area contributed by atoms with Gasteiger partial charge in [0.25, 0.3) is 0 Å². The van der Waals surface area contributed by atoms with E-state index in [1.54, 1.807) is 12.1 Å². The quantitative estimate of drug-likeness (QED) is 0.758. The molecule has 0 spiro atoms. The molecule has 1 saturated carbocycles. The van der Waals surface area contributed by atoms with E-state index >= 15 is 0 Å². The minimum Gasteiger partial charge on any atom is -0.446 e. The van der Waals surface area contributed by atoms with E-state index in [0.717, 1.165) is 12.3 Å². The molecule has 0 aromatic carbocycles. The number of ketones is 1. The lowest BCUT2D eigenvalue weighted by Crippen LogP contribution is -1.96. The van der Waals surface area contributed by atoms with Crippen LogP contribution in [0.25, 0.3) is 0 Å². The summed E-state index contributed by atoms with van der Waals surface area (Å²) in [6.45, 7) is 0. The van der Waals surface area contributed by atoms with Crippen molar-refractivity contribution in [2.75, 3.05) is 0 Å². The normalized spacial score (nSPS) is 16.1. The highest BCUT2D eigenvalue weighted by Gasteiger charge is 2.22. The molecule has 2 rings (SSSR count). The van der Waals surface area contributed by atoms with Crippen molar-refractivity contribution in [3.8, 4) is 0 Å². The number of hydrogen-bond donors (Lipinski definition) is 0. The van der Waals surface area contributed by atoms with Crippen LogP contribution < -0.4 is 0 Å². The van der Waals surface area contributed by atoms with Crippen molar-refractivity contribution in [3.63, 3.8) is 0 Å². The zero-order valence-electron chi connectivity index (χ0n) is 7.25. The van der Waals surface area contributed by atoms with Crippen molar-refractivity contribution in [1.29, 1.82) is 0 Å². The summed E-state index contributed by atoms with van der Waals surface area (Å²) in [5.41, 5.74) is 0. The molecule has 3 heteroatoms. The van der Waals surface area contributed by atoms with Crippen molar-refractivity contribution in [2.45, 2.75) is 25.7 Å². The number of rotatable bonds is 4. The topological polar surface area (TPSA) is 30.2 Å². The molecule has 1 fully saturated rings. The lowest BCUT2D eigenvalue weighted by Gasteiger charge is -1.94. The molecule has 1 aromatic rings. The second kappa shape index (κ2) is 3.66. The first-order valence-corrected chi connectivity index (χ1v) is 5.33. The molecule has 0 saturated heterocycles.